The molecule has 0 bridgehead atoms. The first-order valence-electron chi connectivity index (χ1n) is 6.65. The number of thioether (sulfide) groups is 1. The number of carbonyl (C=O) groups is 1. The van der Waals surface area contributed by atoms with Crippen molar-refractivity contribution < 1.29 is 31.8 Å². The Balaban J connectivity index is 2.22. The highest BCUT2D eigenvalue weighted by Gasteiger charge is 2.35. The Labute approximate surface area is 148 Å². The fourth-order valence-corrected chi connectivity index (χ4v) is 3.24. The van der Waals surface area contributed by atoms with E-state index in [2.05, 4.69) is 4.74 Å². The Bertz CT molecular complexity index is 913. The predicted molar refractivity (Wildman–Crippen MR) is 83.1 cm³/mol. The lowest BCUT2D eigenvalue weighted by molar-refractivity contribution is -0.135. The number of halogens is 5. The lowest BCUT2D eigenvalue weighted by Crippen LogP contribution is -2.15. The summed E-state index contributed by atoms with van der Waals surface area (Å²) in [7, 11) is 1.08. The highest BCUT2D eigenvalue weighted by atomic mass is 35.5. The summed E-state index contributed by atoms with van der Waals surface area (Å²) in [6, 6.07) is 5.87. The summed E-state index contributed by atoms with van der Waals surface area (Å²) in [4.78, 5) is 11.1. The van der Waals surface area contributed by atoms with Crippen LogP contribution in [0, 0.1) is 23.3 Å². The molecule has 1 aliphatic heterocycles. The third-order valence-electron chi connectivity index (χ3n) is 3.27. The molecule has 0 aliphatic carbocycles. The normalized spacial score (nSPS) is 13.4. The van der Waals surface area contributed by atoms with Crippen molar-refractivity contribution in [3.63, 3.8) is 0 Å². The molecule has 2 aromatic rings. The van der Waals surface area contributed by atoms with Crippen LogP contribution in [0.5, 0.6) is 5.75 Å². The summed E-state index contributed by atoms with van der Waals surface area (Å²) in [6.45, 7) is 0. The molecule has 1 aliphatic rings. The van der Waals surface area contributed by atoms with Crippen molar-refractivity contribution in [1.29, 1.82) is 0 Å². The third kappa shape index (κ3) is 2.96. The van der Waals surface area contributed by atoms with Gasteiger partial charge in [0.05, 0.1) is 12.0 Å². The fraction of sp³-hybridized carbons (Fsp3) is 0.0625. The third-order valence-corrected chi connectivity index (χ3v) is 4.65. The van der Waals surface area contributed by atoms with Crippen LogP contribution in [0.25, 0.3) is 5.76 Å². The van der Waals surface area contributed by atoms with Gasteiger partial charge in [0, 0.05) is 10.6 Å². The van der Waals surface area contributed by atoms with Crippen LogP contribution in [0.2, 0.25) is 5.02 Å². The number of hydrogen-bond acceptors (Lipinski definition) is 4. The quantitative estimate of drug-likeness (QED) is 0.315. The van der Waals surface area contributed by atoms with Crippen LogP contribution < -0.4 is 4.74 Å². The smallest absolute Gasteiger partial charge is 0.348 e. The van der Waals surface area contributed by atoms with Gasteiger partial charge in [0.25, 0.3) is 0 Å². The molecule has 0 aromatic heterocycles. The molecule has 0 fully saturated rings. The molecule has 0 spiro atoms. The number of rotatable bonds is 2. The Morgan fingerprint density at radius 1 is 1.04 bits per heavy atom. The lowest BCUT2D eigenvalue weighted by atomic mass is 10.1. The number of carbonyl (C=O) groups excluding carboxylic acids is 1. The van der Waals surface area contributed by atoms with Crippen molar-refractivity contribution in [2.24, 2.45) is 0 Å². The van der Waals surface area contributed by atoms with E-state index in [0.29, 0.717) is 16.8 Å². The molecule has 130 valence electrons. The summed E-state index contributed by atoms with van der Waals surface area (Å²) < 4.78 is 64.7. The average molecular weight is 391 g/mol. The van der Waals surface area contributed by atoms with Gasteiger partial charge < -0.3 is 9.47 Å². The Hall–Kier alpha value is -2.19. The van der Waals surface area contributed by atoms with E-state index < -0.39 is 39.9 Å². The summed E-state index contributed by atoms with van der Waals surface area (Å²) in [6.07, 6.45) is 0. The maximum atomic E-state index is 14.0. The van der Waals surface area contributed by atoms with Crippen molar-refractivity contribution >= 4 is 35.1 Å². The first-order valence-corrected chi connectivity index (χ1v) is 7.84. The zero-order chi connectivity index (χ0) is 18.3. The van der Waals surface area contributed by atoms with Gasteiger partial charge in [-0.15, -0.1) is 0 Å². The molecular formula is C16H7ClF4O3S. The van der Waals surface area contributed by atoms with Gasteiger partial charge in [0.15, 0.2) is 23.1 Å². The molecule has 0 atom stereocenters. The van der Waals surface area contributed by atoms with Crippen molar-refractivity contribution in [1.82, 2.24) is 0 Å². The number of methoxy groups -OCH3 is 1. The van der Waals surface area contributed by atoms with E-state index >= 15 is 0 Å². The number of fused-ring (bicyclic) bond motifs is 1. The SMILES string of the molecule is COC(=O)C1=C(c2ccc(Cl)cc2)Oc2c(F)c(F)c(F)c(F)c2S1. The summed E-state index contributed by atoms with van der Waals surface area (Å²) in [5.41, 5.74) is 0.285. The van der Waals surface area contributed by atoms with E-state index in [4.69, 9.17) is 16.3 Å². The topological polar surface area (TPSA) is 35.5 Å². The molecular weight excluding hydrogens is 384 g/mol. The molecule has 0 unspecified atom stereocenters. The van der Waals surface area contributed by atoms with E-state index in [-0.39, 0.29) is 16.2 Å². The van der Waals surface area contributed by atoms with Gasteiger partial charge in [-0.05, 0) is 24.3 Å². The van der Waals surface area contributed by atoms with Crippen molar-refractivity contribution in [2.75, 3.05) is 7.11 Å². The van der Waals surface area contributed by atoms with Crippen LogP contribution in [0.15, 0.2) is 34.1 Å². The molecule has 0 N–H and O–H groups in total. The van der Waals surface area contributed by atoms with Gasteiger partial charge in [-0.1, -0.05) is 23.4 Å². The van der Waals surface area contributed by atoms with Gasteiger partial charge in [-0.2, -0.15) is 4.39 Å². The van der Waals surface area contributed by atoms with E-state index in [1.54, 1.807) is 0 Å². The van der Waals surface area contributed by atoms with Crippen LogP contribution in [0.4, 0.5) is 17.6 Å². The van der Waals surface area contributed by atoms with Crippen LogP contribution in [0.1, 0.15) is 5.56 Å². The standard InChI is InChI=1S/C16H7ClF4O3S/c1-23-16(22)15-12(6-2-4-7(17)5-3-6)24-13-10(20)8(18)9(19)11(21)14(13)25-15/h2-5H,1H3. The maximum Gasteiger partial charge on any atom is 0.348 e. The van der Waals surface area contributed by atoms with Crippen molar-refractivity contribution in [3.05, 3.63) is 63.0 Å². The van der Waals surface area contributed by atoms with Gasteiger partial charge >= 0.3 is 5.97 Å². The van der Waals surface area contributed by atoms with E-state index in [1.165, 1.54) is 24.3 Å². The highest BCUT2D eigenvalue weighted by molar-refractivity contribution is 8.04. The number of hydrogen-bond donors (Lipinski definition) is 0. The Kier molecular flexibility index (Phi) is 4.66. The molecule has 9 heteroatoms. The van der Waals surface area contributed by atoms with Gasteiger partial charge in [-0.3, -0.25) is 0 Å². The van der Waals surface area contributed by atoms with Gasteiger partial charge in [0.1, 0.15) is 4.91 Å². The Morgan fingerprint density at radius 3 is 2.24 bits per heavy atom. The van der Waals surface area contributed by atoms with Crippen LogP contribution in [0.3, 0.4) is 0 Å². The zero-order valence-corrected chi connectivity index (χ0v) is 13.9. The molecule has 2 aromatic carbocycles. The minimum atomic E-state index is -2.01. The average Bonchev–Trinajstić information content (AvgIpc) is 2.63. The largest absolute Gasteiger partial charge is 0.465 e. The first kappa shape index (κ1) is 17.6. The molecule has 0 radical (unpaired) electrons. The maximum absolute atomic E-state index is 14.0. The molecule has 3 nitrogen and oxygen atoms in total. The molecule has 0 saturated carbocycles. The Morgan fingerprint density at radius 2 is 1.64 bits per heavy atom. The first-order chi connectivity index (χ1) is 11.8. The highest BCUT2D eigenvalue weighted by Crippen LogP contribution is 2.48. The molecule has 1 heterocycles. The minimum absolute atomic E-state index is 0.190. The van der Waals surface area contributed by atoms with Crippen LogP contribution in [-0.4, -0.2) is 13.1 Å². The van der Waals surface area contributed by atoms with E-state index in [1.807, 2.05) is 0 Å². The second-order valence-corrected chi connectivity index (χ2v) is 6.23. The van der Waals surface area contributed by atoms with E-state index in [9.17, 15) is 22.4 Å². The molecule has 25 heavy (non-hydrogen) atoms. The molecule has 3 rings (SSSR count). The predicted octanol–water partition coefficient (Wildman–Crippen LogP) is 4.92. The van der Waals surface area contributed by atoms with Crippen LogP contribution >= 0.6 is 23.4 Å². The van der Waals surface area contributed by atoms with Gasteiger partial charge in [0.2, 0.25) is 11.6 Å². The molecule has 0 amide bonds. The number of esters is 1. The lowest BCUT2D eigenvalue weighted by Gasteiger charge is -2.23. The van der Waals surface area contributed by atoms with Gasteiger partial charge in [-0.25, -0.2) is 18.0 Å². The fourth-order valence-electron chi connectivity index (χ4n) is 2.09. The summed E-state index contributed by atoms with van der Waals surface area (Å²) in [5.74, 6) is -9.30. The van der Waals surface area contributed by atoms with Crippen LogP contribution in [-0.2, 0) is 9.53 Å². The zero-order valence-electron chi connectivity index (χ0n) is 12.3. The second kappa shape index (κ2) is 6.61. The molecule has 0 saturated heterocycles. The van der Waals surface area contributed by atoms with E-state index in [0.717, 1.165) is 7.11 Å². The minimum Gasteiger partial charge on any atom is -0.465 e. The number of ether oxygens (including phenoxy) is 2. The second-order valence-electron chi connectivity index (χ2n) is 4.78. The summed E-state index contributed by atoms with van der Waals surface area (Å²) >= 11 is 6.17. The van der Waals surface area contributed by atoms with Crippen molar-refractivity contribution in [2.45, 2.75) is 4.90 Å². The van der Waals surface area contributed by atoms with Crippen molar-refractivity contribution in [3.8, 4) is 5.75 Å². The number of benzene rings is 2. The monoisotopic (exact) mass is 390 g/mol. The summed E-state index contributed by atoms with van der Waals surface area (Å²) in [5, 5.41) is 0.387.